The van der Waals surface area contributed by atoms with Gasteiger partial charge in [0, 0.05) is 11.4 Å². The molecule has 0 unspecified atom stereocenters. The molecule has 1 nitrogen and oxygen atoms in total. The highest BCUT2D eigenvalue weighted by Gasteiger charge is 2.12. The van der Waals surface area contributed by atoms with Gasteiger partial charge in [0.05, 0.1) is 6.61 Å². The van der Waals surface area contributed by atoms with Gasteiger partial charge in [-0.1, -0.05) is 11.6 Å². The second-order valence-corrected chi connectivity index (χ2v) is 4.35. The molecular formula is C15H19ClO. The van der Waals surface area contributed by atoms with Crippen molar-refractivity contribution in [2.75, 3.05) is 6.61 Å². The lowest BCUT2D eigenvalue weighted by Crippen LogP contribution is -2.01. The molecule has 0 amide bonds. The maximum Gasteiger partial charge on any atom is 0.123 e. The minimum Gasteiger partial charge on any atom is -0.494 e. The summed E-state index contributed by atoms with van der Waals surface area (Å²) in [7, 11) is 0. The van der Waals surface area contributed by atoms with Gasteiger partial charge in [-0.25, -0.2) is 0 Å². The van der Waals surface area contributed by atoms with E-state index in [0.29, 0.717) is 6.61 Å². The first-order valence-electron chi connectivity index (χ1n) is 5.92. The highest BCUT2D eigenvalue weighted by Crippen LogP contribution is 2.32. The first kappa shape index (κ1) is 13.9. The van der Waals surface area contributed by atoms with Crippen molar-refractivity contribution in [1.82, 2.24) is 0 Å². The summed E-state index contributed by atoms with van der Waals surface area (Å²) in [5, 5.41) is 0.841. The van der Waals surface area contributed by atoms with Crippen LogP contribution < -0.4 is 4.74 Å². The third-order valence-electron chi connectivity index (χ3n) is 2.75. The lowest BCUT2D eigenvalue weighted by Gasteiger charge is -2.15. The smallest absolute Gasteiger partial charge is 0.123 e. The summed E-state index contributed by atoms with van der Waals surface area (Å²) in [6, 6.07) is 2.02. The number of hydrogen-bond donors (Lipinski definition) is 0. The first-order chi connectivity index (χ1) is 8.11. The molecule has 92 valence electrons. The second kappa shape index (κ2) is 6.57. The maximum absolute atomic E-state index is 6.28. The van der Waals surface area contributed by atoms with Crippen LogP contribution in [0.4, 0.5) is 0 Å². The number of aryl methyl sites for hydroxylation is 1. The molecule has 0 bridgehead atoms. The Labute approximate surface area is 109 Å². The Morgan fingerprint density at radius 1 is 1.35 bits per heavy atom. The number of benzene rings is 1. The molecule has 1 aromatic rings. The Bertz CT molecular complexity index is 452. The van der Waals surface area contributed by atoms with Gasteiger partial charge in [0.1, 0.15) is 5.75 Å². The van der Waals surface area contributed by atoms with Gasteiger partial charge in [0.15, 0.2) is 0 Å². The van der Waals surface area contributed by atoms with Crippen LogP contribution in [0, 0.1) is 25.7 Å². The molecule has 0 atom stereocenters. The molecule has 1 rings (SSSR count). The van der Waals surface area contributed by atoms with Crippen molar-refractivity contribution >= 4 is 11.6 Å². The molecule has 1 aromatic carbocycles. The average molecular weight is 251 g/mol. The Balaban J connectivity index is 3.12. The van der Waals surface area contributed by atoms with E-state index in [2.05, 4.69) is 11.8 Å². The fourth-order valence-corrected chi connectivity index (χ4v) is 2.04. The zero-order valence-electron chi connectivity index (χ0n) is 11.0. The summed E-state index contributed by atoms with van der Waals surface area (Å²) in [4.78, 5) is 0. The van der Waals surface area contributed by atoms with Crippen LogP contribution in [0.15, 0.2) is 6.07 Å². The summed E-state index contributed by atoms with van der Waals surface area (Å²) in [5.41, 5.74) is 3.37. The predicted octanol–water partition coefficient (Wildman–Crippen LogP) is 4.31. The van der Waals surface area contributed by atoms with E-state index in [0.717, 1.165) is 34.7 Å². The minimum absolute atomic E-state index is 0.674. The van der Waals surface area contributed by atoms with E-state index >= 15 is 0 Å². The molecular weight excluding hydrogens is 232 g/mol. The fourth-order valence-electron chi connectivity index (χ4n) is 1.87. The molecule has 0 aliphatic heterocycles. The summed E-state index contributed by atoms with van der Waals surface area (Å²) in [5.74, 6) is 6.94. The molecule has 0 N–H and O–H groups in total. The Morgan fingerprint density at radius 3 is 2.65 bits per heavy atom. The van der Waals surface area contributed by atoms with E-state index < -0.39 is 0 Å². The van der Waals surface area contributed by atoms with Crippen LogP contribution in [0.2, 0.25) is 5.02 Å². The van der Waals surface area contributed by atoms with E-state index in [9.17, 15) is 0 Å². The predicted molar refractivity (Wildman–Crippen MR) is 73.9 cm³/mol. The minimum atomic E-state index is 0.674. The molecule has 0 heterocycles. The summed E-state index contributed by atoms with van der Waals surface area (Å²) >= 11 is 6.28. The SMILES string of the molecule is CC#CCCc1c(OCC)cc(C)c(Cl)c1C. The number of halogens is 1. The van der Waals surface area contributed by atoms with E-state index in [1.54, 1.807) is 0 Å². The van der Waals surface area contributed by atoms with Crippen molar-refractivity contribution in [3.05, 3.63) is 27.8 Å². The molecule has 0 saturated heterocycles. The van der Waals surface area contributed by atoms with E-state index in [1.807, 2.05) is 33.8 Å². The van der Waals surface area contributed by atoms with Gasteiger partial charge in [-0.3, -0.25) is 0 Å². The van der Waals surface area contributed by atoms with Crippen LogP contribution in [0.25, 0.3) is 0 Å². The van der Waals surface area contributed by atoms with Crippen LogP contribution in [-0.4, -0.2) is 6.61 Å². The van der Waals surface area contributed by atoms with Crippen molar-refractivity contribution in [1.29, 1.82) is 0 Å². The normalized spacial score (nSPS) is 9.71. The molecule has 0 saturated carbocycles. The van der Waals surface area contributed by atoms with E-state index in [1.165, 1.54) is 5.56 Å². The van der Waals surface area contributed by atoms with E-state index in [4.69, 9.17) is 16.3 Å². The molecule has 0 aliphatic rings. The number of hydrogen-bond acceptors (Lipinski definition) is 1. The molecule has 17 heavy (non-hydrogen) atoms. The average Bonchev–Trinajstić information content (AvgIpc) is 2.31. The van der Waals surface area contributed by atoms with Crippen molar-refractivity contribution in [3.8, 4) is 17.6 Å². The first-order valence-corrected chi connectivity index (χ1v) is 6.30. The highest BCUT2D eigenvalue weighted by molar-refractivity contribution is 6.32. The maximum atomic E-state index is 6.28. The van der Waals surface area contributed by atoms with Crippen LogP contribution in [0.3, 0.4) is 0 Å². The van der Waals surface area contributed by atoms with Crippen molar-refractivity contribution in [2.24, 2.45) is 0 Å². The Hall–Kier alpha value is -1.13. The summed E-state index contributed by atoms with van der Waals surface area (Å²) < 4.78 is 5.68. The Morgan fingerprint density at radius 2 is 2.06 bits per heavy atom. The van der Waals surface area contributed by atoms with Crippen molar-refractivity contribution in [3.63, 3.8) is 0 Å². The fraction of sp³-hybridized carbons (Fsp3) is 0.467. The lowest BCUT2D eigenvalue weighted by atomic mass is 10.00. The summed E-state index contributed by atoms with van der Waals surface area (Å²) in [6.45, 7) is 8.58. The molecule has 0 radical (unpaired) electrons. The standard InChI is InChI=1S/C15H19ClO/c1-5-7-8-9-13-12(4)15(16)11(3)10-14(13)17-6-2/h10H,6,8-9H2,1-4H3. The van der Waals surface area contributed by atoms with Gasteiger partial charge in [0.2, 0.25) is 0 Å². The Kier molecular flexibility index (Phi) is 5.38. The third kappa shape index (κ3) is 3.41. The van der Waals surface area contributed by atoms with Gasteiger partial charge in [-0.2, -0.15) is 0 Å². The van der Waals surface area contributed by atoms with Gasteiger partial charge in [0.25, 0.3) is 0 Å². The highest BCUT2D eigenvalue weighted by atomic mass is 35.5. The number of ether oxygens (including phenoxy) is 1. The van der Waals surface area contributed by atoms with Crippen molar-refractivity contribution in [2.45, 2.75) is 40.5 Å². The molecule has 0 aliphatic carbocycles. The zero-order valence-corrected chi connectivity index (χ0v) is 11.7. The van der Waals surface area contributed by atoms with Crippen molar-refractivity contribution < 1.29 is 4.74 Å². The van der Waals surface area contributed by atoms with E-state index in [-0.39, 0.29) is 0 Å². The largest absolute Gasteiger partial charge is 0.494 e. The topological polar surface area (TPSA) is 9.23 Å². The quantitative estimate of drug-likeness (QED) is 0.724. The third-order valence-corrected chi connectivity index (χ3v) is 3.33. The summed E-state index contributed by atoms with van der Waals surface area (Å²) in [6.07, 6.45) is 1.73. The van der Waals surface area contributed by atoms with Crippen LogP contribution in [-0.2, 0) is 6.42 Å². The number of rotatable bonds is 4. The zero-order chi connectivity index (χ0) is 12.8. The van der Waals surface area contributed by atoms with Crippen LogP contribution in [0.5, 0.6) is 5.75 Å². The van der Waals surface area contributed by atoms with Crippen LogP contribution >= 0.6 is 11.6 Å². The molecule has 2 heteroatoms. The monoisotopic (exact) mass is 250 g/mol. The van der Waals surface area contributed by atoms with Gasteiger partial charge in [-0.05, 0) is 56.9 Å². The van der Waals surface area contributed by atoms with Gasteiger partial charge >= 0.3 is 0 Å². The van der Waals surface area contributed by atoms with Gasteiger partial charge < -0.3 is 4.74 Å². The second-order valence-electron chi connectivity index (χ2n) is 3.97. The molecule has 0 spiro atoms. The van der Waals surface area contributed by atoms with Gasteiger partial charge in [-0.15, -0.1) is 11.8 Å². The molecule has 0 fully saturated rings. The van der Waals surface area contributed by atoms with Crippen LogP contribution in [0.1, 0.15) is 37.0 Å². The lowest BCUT2D eigenvalue weighted by molar-refractivity contribution is 0.336. The molecule has 0 aromatic heterocycles.